The molecular weight excluding hydrogens is 200 g/mol. The van der Waals surface area contributed by atoms with Crippen LogP contribution in [0.2, 0.25) is 0 Å². The fraction of sp³-hybridized carbons (Fsp3) is 0.818. The van der Waals surface area contributed by atoms with Crippen LogP contribution in [0, 0.1) is 10.8 Å². The van der Waals surface area contributed by atoms with E-state index >= 15 is 0 Å². The smallest absolute Gasteiger partial charge is 0.0721 e. The van der Waals surface area contributed by atoms with Crippen LogP contribution in [0.4, 0.5) is 0 Å². The predicted molar refractivity (Wildman–Crippen MR) is 63.2 cm³/mol. The molecule has 0 spiro atoms. The van der Waals surface area contributed by atoms with Gasteiger partial charge in [-0.1, -0.05) is 33.3 Å². The van der Waals surface area contributed by atoms with Gasteiger partial charge in [-0.15, -0.1) is 23.4 Å². The van der Waals surface area contributed by atoms with Crippen molar-refractivity contribution < 1.29 is 0 Å². The minimum Gasteiger partial charge on any atom is -0.118 e. The van der Waals surface area contributed by atoms with Gasteiger partial charge >= 0.3 is 0 Å². The Labute approximate surface area is 91.1 Å². The van der Waals surface area contributed by atoms with Crippen molar-refractivity contribution in [2.24, 2.45) is 10.8 Å². The first-order valence-corrected chi connectivity index (χ1v) is 6.37. The lowest BCUT2D eigenvalue weighted by Crippen LogP contribution is -2.15. The van der Waals surface area contributed by atoms with Gasteiger partial charge in [-0.3, -0.25) is 0 Å². The Morgan fingerprint density at radius 3 is 2.08 bits per heavy atom. The monoisotopic (exact) mass is 218 g/mol. The molecule has 0 heterocycles. The molecule has 76 valence electrons. The van der Waals surface area contributed by atoms with Crippen LogP contribution in [0.3, 0.4) is 0 Å². The van der Waals surface area contributed by atoms with E-state index in [4.69, 9.17) is 11.6 Å². The van der Waals surface area contributed by atoms with Crippen molar-refractivity contribution in [3.63, 3.8) is 0 Å². The first-order chi connectivity index (χ1) is 5.90. The fourth-order valence-corrected chi connectivity index (χ4v) is 3.30. The lowest BCUT2D eigenvalue weighted by molar-refractivity contribution is 0.446. The van der Waals surface area contributed by atoms with Gasteiger partial charge in [0.1, 0.15) is 0 Å². The van der Waals surface area contributed by atoms with Gasteiger partial charge in [0.05, 0.1) is 5.21 Å². The Bertz CT molecular complexity index is 198. The van der Waals surface area contributed by atoms with E-state index in [1.54, 1.807) is 17.3 Å². The van der Waals surface area contributed by atoms with E-state index in [2.05, 4.69) is 33.1 Å². The molecule has 2 heteroatoms. The zero-order chi connectivity index (χ0) is 10.1. The zero-order valence-corrected chi connectivity index (χ0v) is 10.6. The number of hydrogen-bond acceptors (Lipinski definition) is 1. The Kier molecular flexibility index (Phi) is 3.40. The second-order valence-corrected chi connectivity index (χ2v) is 6.52. The molecule has 0 saturated heterocycles. The number of hydrogen-bond donors (Lipinski definition) is 0. The summed E-state index contributed by atoms with van der Waals surface area (Å²) in [5, 5.41) is 2.94. The minimum atomic E-state index is 0.378. The SMILES string of the molecule is CC1(C)CCC(C)(C)C1=CSCCl. The first kappa shape index (κ1) is 11.5. The van der Waals surface area contributed by atoms with Crippen LogP contribution in [0.25, 0.3) is 0 Å². The molecule has 0 aliphatic heterocycles. The molecule has 1 rings (SSSR count). The normalized spacial score (nSPS) is 24.8. The molecule has 0 aromatic carbocycles. The number of thioether (sulfide) groups is 1. The van der Waals surface area contributed by atoms with Crippen LogP contribution in [0.1, 0.15) is 40.5 Å². The van der Waals surface area contributed by atoms with Crippen molar-refractivity contribution >= 4 is 23.4 Å². The third kappa shape index (κ3) is 2.44. The van der Waals surface area contributed by atoms with E-state index < -0.39 is 0 Å². The second-order valence-electron chi connectivity index (χ2n) is 5.08. The Morgan fingerprint density at radius 2 is 1.69 bits per heavy atom. The fourth-order valence-electron chi connectivity index (χ4n) is 2.24. The first-order valence-electron chi connectivity index (χ1n) is 4.79. The van der Waals surface area contributed by atoms with Crippen LogP contribution in [-0.2, 0) is 0 Å². The van der Waals surface area contributed by atoms with Gasteiger partial charge in [-0.2, -0.15) is 0 Å². The number of halogens is 1. The van der Waals surface area contributed by atoms with Gasteiger partial charge < -0.3 is 0 Å². The van der Waals surface area contributed by atoms with Crippen LogP contribution in [0.5, 0.6) is 0 Å². The molecule has 0 radical (unpaired) electrons. The van der Waals surface area contributed by atoms with E-state index in [0.29, 0.717) is 16.0 Å². The molecule has 0 nitrogen and oxygen atoms in total. The van der Waals surface area contributed by atoms with Crippen molar-refractivity contribution in [1.29, 1.82) is 0 Å². The summed E-state index contributed by atoms with van der Waals surface area (Å²) < 4.78 is 0. The molecule has 0 amide bonds. The molecule has 13 heavy (non-hydrogen) atoms. The maximum Gasteiger partial charge on any atom is 0.0721 e. The molecule has 0 unspecified atom stereocenters. The summed E-state index contributed by atoms with van der Waals surface area (Å²) in [6, 6.07) is 0. The molecule has 1 fully saturated rings. The third-order valence-electron chi connectivity index (χ3n) is 3.10. The average Bonchev–Trinajstić information content (AvgIpc) is 2.20. The molecule has 0 bridgehead atoms. The maximum absolute atomic E-state index is 5.68. The maximum atomic E-state index is 5.68. The highest BCUT2D eigenvalue weighted by Crippen LogP contribution is 2.53. The van der Waals surface area contributed by atoms with Crippen molar-refractivity contribution in [2.75, 3.05) is 5.21 Å². The number of rotatable bonds is 2. The highest BCUT2D eigenvalue weighted by Gasteiger charge is 2.41. The summed E-state index contributed by atoms with van der Waals surface area (Å²) in [4.78, 5) is 0. The third-order valence-corrected chi connectivity index (χ3v) is 4.00. The van der Waals surface area contributed by atoms with Gasteiger partial charge in [0.2, 0.25) is 0 Å². The summed E-state index contributed by atoms with van der Waals surface area (Å²) in [7, 11) is 0. The molecule has 0 N–H and O–H groups in total. The van der Waals surface area contributed by atoms with Crippen molar-refractivity contribution in [2.45, 2.75) is 40.5 Å². The van der Waals surface area contributed by atoms with E-state index in [1.807, 2.05) is 0 Å². The highest BCUT2D eigenvalue weighted by atomic mass is 35.5. The summed E-state index contributed by atoms with van der Waals surface area (Å²) in [6.07, 6.45) is 2.60. The molecule has 0 atom stereocenters. The second kappa shape index (κ2) is 3.86. The van der Waals surface area contributed by atoms with E-state index in [0.717, 1.165) is 0 Å². The van der Waals surface area contributed by atoms with Crippen LogP contribution in [0.15, 0.2) is 11.0 Å². The quantitative estimate of drug-likeness (QED) is 0.609. The molecule has 1 aliphatic rings. The standard InChI is InChI=1S/C11H19ClS/c1-10(2)5-6-11(3,4)9(10)7-13-8-12/h7H,5-6,8H2,1-4H3. The van der Waals surface area contributed by atoms with Crippen LogP contribution >= 0.6 is 23.4 Å². The lowest BCUT2D eigenvalue weighted by atomic mass is 9.79. The number of allylic oxidation sites excluding steroid dienone is 1. The Morgan fingerprint density at radius 1 is 1.23 bits per heavy atom. The summed E-state index contributed by atoms with van der Waals surface area (Å²) in [6.45, 7) is 9.34. The van der Waals surface area contributed by atoms with Crippen LogP contribution < -0.4 is 0 Å². The number of alkyl halides is 1. The van der Waals surface area contributed by atoms with E-state index in [1.165, 1.54) is 12.8 Å². The molecule has 0 aromatic heterocycles. The highest BCUT2D eigenvalue weighted by molar-refractivity contribution is 8.03. The molecule has 0 aromatic rings. The van der Waals surface area contributed by atoms with Gasteiger partial charge in [0.15, 0.2) is 0 Å². The minimum absolute atomic E-state index is 0.378. The van der Waals surface area contributed by atoms with Gasteiger partial charge in [-0.25, -0.2) is 0 Å². The van der Waals surface area contributed by atoms with Crippen molar-refractivity contribution in [1.82, 2.24) is 0 Å². The Hall–Kier alpha value is 0.380. The predicted octanol–water partition coefficient (Wildman–Crippen LogP) is 4.65. The van der Waals surface area contributed by atoms with E-state index in [-0.39, 0.29) is 0 Å². The zero-order valence-electron chi connectivity index (χ0n) is 8.98. The molecule has 1 saturated carbocycles. The van der Waals surface area contributed by atoms with Gasteiger partial charge in [0.25, 0.3) is 0 Å². The van der Waals surface area contributed by atoms with Crippen LogP contribution in [-0.4, -0.2) is 5.21 Å². The topological polar surface area (TPSA) is 0 Å². The lowest BCUT2D eigenvalue weighted by Gasteiger charge is -2.27. The van der Waals surface area contributed by atoms with E-state index in [9.17, 15) is 0 Å². The van der Waals surface area contributed by atoms with Crippen molar-refractivity contribution in [3.8, 4) is 0 Å². The summed E-state index contributed by atoms with van der Waals surface area (Å²) >= 11 is 7.40. The summed E-state index contributed by atoms with van der Waals surface area (Å²) in [5.74, 6) is 0. The Balaban J connectivity index is 2.87. The van der Waals surface area contributed by atoms with Gasteiger partial charge in [-0.05, 0) is 29.1 Å². The average molecular weight is 219 g/mol. The van der Waals surface area contributed by atoms with Gasteiger partial charge in [0, 0.05) is 0 Å². The summed E-state index contributed by atoms with van der Waals surface area (Å²) in [5.41, 5.74) is 2.33. The molecular formula is C11H19ClS. The largest absolute Gasteiger partial charge is 0.118 e. The van der Waals surface area contributed by atoms with Crippen molar-refractivity contribution in [3.05, 3.63) is 11.0 Å². The molecule has 1 aliphatic carbocycles.